The Morgan fingerprint density at radius 1 is 1.13 bits per heavy atom. The van der Waals surface area contributed by atoms with Gasteiger partial charge in [0.2, 0.25) is 0 Å². The van der Waals surface area contributed by atoms with Gasteiger partial charge in [-0.15, -0.1) is 0 Å². The van der Waals surface area contributed by atoms with Gasteiger partial charge in [0.15, 0.2) is 0 Å². The number of rotatable bonds is 4. The Labute approximate surface area is 138 Å². The van der Waals surface area contributed by atoms with Crippen LogP contribution in [-0.4, -0.2) is 7.11 Å². The van der Waals surface area contributed by atoms with E-state index in [-0.39, 0.29) is 6.61 Å². The minimum atomic E-state index is -0.419. The van der Waals surface area contributed by atoms with Gasteiger partial charge in [-0.1, -0.05) is 11.6 Å². The summed E-state index contributed by atoms with van der Waals surface area (Å²) in [6.07, 6.45) is 0. The van der Waals surface area contributed by atoms with Crippen LogP contribution in [0.3, 0.4) is 0 Å². The molecule has 0 bridgehead atoms. The van der Waals surface area contributed by atoms with E-state index >= 15 is 0 Å². The van der Waals surface area contributed by atoms with Gasteiger partial charge in [0, 0.05) is 28.1 Å². The molecular formula is C18H15ClO4. The van der Waals surface area contributed by atoms with E-state index in [1.807, 2.05) is 31.2 Å². The van der Waals surface area contributed by atoms with Crippen molar-refractivity contribution in [2.45, 2.75) is 13.5 Å². The van der Waals surface area contributed by atoms with Crippen molar-refractivity contribution in [3.8, 4) is 11.5 Å². The van der Waals surface area contributed by atoms with Crippen LogP contribution < -0.4 is 15.1 Å². The molecule has 0 N–H and O–H groups in total. The third-order valence-electron chi connectivity index (χ3n) is 3.56. The smallest absolute Gasteiger partial charge is 0.336 e. The Morgan fingerprint density at radius 3 is 2.70 bits per heavy atom. The highest BCUT2D eigenvalue weighted by Crippen LogP contribution is 2.26. The van der Waals surface area contributed by atoms with Crippen molar-refractivity contribution in [2.24, 2.45) is 0 Å². The molecule has 0 unspecified atom stereocenters. The molecule has 0 spiro atoms. The molecule has 2 aromatic carbocycles. The van der Waals surface area contributed by atoms with Gasteiger partial charge < -0.3 is 13.9 Å². The van der Waals surface area contributed by atoms with Gasteiger partial charge in [0.1, 0.15) is 23.7 Å². The van der Waals surface area contributed by atoms with E-state index in [0.717, 1.165) is 22.3 Å². The van der Waals surface area contributed by atoms with Crippen molar-refractivity contribution in [3.05, 3.63) is 69.0 Å². The highest BCUT2D eigenvalue weighted by Gasteiger charge is 2.09. The van der Waals surface area contributed by atoms with Crippen molar-refractivity contribution >= 4 is 22.6 Å². The zero-order valence-corrected chi connectivity index (χ0v) is 13.5. The van der Waals surface area contributed by atoms with Crippen LogP contribution in [0.2, 0.25) is 5.02 Å². The molecule has 118 valence electrons. The highest BCUT2D eigenvalue weighted by molar-refractivity contribution is 6.30. The number of hydrogen-bond donors (Lipinski definition) is 0. The average molecular weight is 331 g/mol. The first-order valence-electron chi connectivity index (χ1n) is 7.06. The van der Waals surface area contributed by atoms with Crippen LogP contribution >= 0.6 is 11.6 Å². The summed E-state index contributed by atoms with van der Waals surface area (Å²) in [5.74, 6) is 1.36. The fourth-order valence-corrected chi connectivity index (χ4v) is 2.61. The lowest BCUT2D eigenvalue weighted by Crippen LogP contribution is -2.04. The van der Waals surface area contributed by atoms with E-state index in [0.29, 0.717) is 16.4 Å². The van der Waals surface area contributed by atoms with E-state index in [4.69, 9.17) is 25.5 Å². The van der Waals surface area contributed by atoms with Crippen LogP contribution in [0, 0.1) is 6.92 Å². The average Bonchev–Trinajstić information content (AvgIpc) is 2.53. The second-order valence-electron chi connectivity index (χ2n) is 5.15. The lowest BCUT2D eigenvalue weighted by molar-refractivity contribution is 0.304. The first kappa shape index (κ1) is 15.4. The van der Waals surface area contributed by atoms with Gasteiger partial charge in [-0.25, -0.2) is 4.79 Å². The largest absolute Gasteiger partial charge is 0.497 e. The summed E-state index contributed by atoms with van der Waals surface area (Å²) in [6, 6.07) is 12.2. The number of fused-ring (bicyclic) bond motifs is 1. The minimum Gasteiger partial charge on any atom is -0.497 e. The van der Waals surface area contributed by atoms with Crippen molar-refractivity contribution in [2.75, 3.05) is 7.11 Å². The van der Waals surface area contributed by atoms with E-state index in [1.165, 1.54) is 6.07 Å². The lowest BCUT2D eigenvalue weighted by Gasteiger charge is -2.11. The quantitative estimate of drug-likeness (QED) is 0.668. The second-order valence-corrected chi connectivity index (χ2v) is 5.59. The Balaban J connectivity index is 1.94. The van der Waals surface area contributed by atoms with Crippen LogP contribution in [0.4, 0.5) is 0 Å². The number of benzene rings is 2. The molecule has 1 heterocycles. The van der Waals surface area contributed by atoms with E-state index in [9.17, 15) is 4.79 Å². The zero-order chi connectivity index (χ0) is 16.4. The van der Waals surface area contributed by atoms with E-state index < -0.39 is 5.63 Å². The van der Waals surface area contributed by atoms with Crippen molar-refractivity contribution in [1.29, 1.82) is 0 Å². The SMILES string of the molecule is COc1ccc2c(COc3ccc(Cl)cc3C)cc(=O)oc2c1. The maximum absolute atomic E-state index is 11.7. The number of halogens is 1. The summed E-state index contributed by atoms with van der Waals surface area (Å²) in [5, 5.41) is 1.48. The van der Waals surface area contributed by atoms with Gasteiger partial charge in [-0.05, 0) is 42.8 Å². The van der Waals surface area contributed by atoms with Gasteiger partial charge in [0.25, 0.3) is 0 Å². The van der Waals surface area contributed by atoms with Crippen LogP contribution in [0.15, 0.2) is 51.7 Å². The second kappa shape index (κ2) is 6.34. The predicted molar refractivity (Wildman–Crippen MR) is 89.6 cm³/mol. The normalized spacial score (nSPS) is 10.7. The van der Waals surface area contributed by atoms with E-state index in [1.54, 1.807) is 19.2 Å². The Bertz CT molecular complexity index is 915. The Kier molecular flexibility index (Phi) is 4.26. The van der Waals surface area contributed by atoms with Crippen LogP contribution in [0.1, 0.15) is 11.1 Å². The topological polar surface area (TPSA) is 48.7 Å². The number of ether oxygens (including phenoxy) is 2. The van der Waals surface area contributed by atoms with Crippen LogP contribution in [-0.2, 0) is 6.61 Å². The minimum absolute atomic E-state index is 0.261. The molecule has 0 saturated carbocycles. The standard InChI is InChI=1S/C18H15ClO4/c1-11-7-13(19)3-6-16(11)22-10-12-8-18(20)23-17-9-14(21-2)4-5-15(12)17/h3-9H,10H2,1-2H3. The summed E-state index contributed by atoms with van der Waals surface area (Å²) in [4.78, 5) is 11.7. The molecule has 0 atom stereocenters. The maximum atomic E-state index is 11.7. The van der Waals surface area contributed by atoms with Crippen molar-refractivity contribution in [3.63, 3.8) is 0 Å². The fraction of sp³-hybridized carbons (Fsp3) is 0.167. The lowest BCUT2D eigenvalue weighted by atomic mass is 10.1. The molecule has 3 rings (SSSR count). The predicted octanol–water partition coefficient (Wildman–Crippen LogP) is 4.34. The molecule has 5 heteroatoms. The molecular weight excluding hydrogens is 316 g/mol. The molecule has 1 aromatic heterocycles. The molecule has 0 aliphatic carbocycles. The molecule has 0 saturated heterocycles. The molecule has 23 heavy (non-hydrogen) atoms. The Hall–Kier alpha value is -2.46. The molecule has 0 amide bonds. The summed E-state index contributed by atoms with van der Waals surface area (Å²) < 4.78 is 16.2. The summed E-state index contributed by atoms with van der Waals surface area (Å²) in [5.41, 5.74) is 1.75. The summed E-state index contributed by atoms with van der Waals surface area (Å²) in [6.45, 7) is 2.18. The third kappa shape index (κ3) is 3.32. The van der Waals surface area contributed by atoms with Gasteiger partial charge >= 0.3 is 5.63 Å². The zero-order valence-electron chi connectivity index (χ0n) is 12.8. The summed E-state index contributed by atoms with van der Waals surface area (Å²) in [7, 11) is 1.57. The molecule has 4 nitrogen and oxygen atoms in total. The number of methoxy groups -OCH3 is 1. The first-order valence-corrected chi connectivity index (χ1v) is 7.44. The monoisotopic (exact) mass is 330 g/mol. The van der Waals surface area contributed by atoms with E-state index in [2.05, 4.69) is 0 Å². The van der Waals surface area contributed by atoms with Gasteiger partial charge in [-0.2, -0.15) is 0 Å². The molecule has 0 fully saturated rings. The highest BCUT2D eigenvalue weighted by atomic mass is 35.5. The Morgan fingerprint density at radius 2 is 1.96 bits per heavy atom. The molecule has 3 aromatic rings. The van der Waals surface area contributed by atoms with Crippen LogP contribution in [0.25, 0.3) is 11.0 Å². The molecule has 0 radical (unpaired) electrons. The van der Waals surface area contributed by atoms with Crippen molar-refractivity contribution in [1.82, 2.24) is 0 Å². The molecule has 0 aliphatic heterocycles. The van der Waals surface area contributed by atoms with Gasteiger partial charge in [-0.3, -0.25) is 0 Å². The number of aryl methyl sites for hydroxylation is 1. The van der Waals surface area contributed by atoms with Crippen molar-refractivity contribution < 1.29 is 13.9 Å². The third-order valence-corrected chi connectivity index (χ3v) is 3.79. The fourth-order valence-electron chi connectivity index (χ4n) is 2.39. The number of hydrogen-bond acceptors (Lipinski definition) is 4. The van der Waals surface area contributed by atoms with Crippen LogP contribution in [0.5, 0.6) is 11.5 Å². The first-order chi connectivity index (χ1) is 11.1. The molecule has 0 aliphatic rings. The maximum Gasteiger partial charge on any atom is 0.336 e. The van der Waals surface area contributed by atoms with Gasteiger partial charge in [0.05, 0.1) is 7.11 Å². The summed E-state index contributed by atoms with van der Waals surface area (Å²) >= 11 is 5.94.